The number of carbonyl (C=O) groups is 2. The molecule has 19 heavy (non-hydrogen) atoms. The highest BCUT2D eigenvalue weighted by Gasteiger charge is 2.12. The minimum absolute atomic E-state index is 0.214. The van der Waals surface area contributed by atoms with Gasteiger partial charge in [-0.1, -0.05) is 23.7 Å². The van der Waals surface area contributed by atoms with Crippen molar-refractivity contribution in [1.29, 1.82) is 0 Å². The number of hydrogen-bond donors (Lipinski definition) is 2. The Morgan fingerprint density at radius 3 is 2.68 bits per heavy atom. The Morgan fingerprint density at radius 2 is 2.00 bits per heavy atom. The van der Waals surface area contributed by atoms with Crippen molar-refractivity contribution in [1.82, 2.24) is 4.98 Å². The Hall–Kier alpha value is -1.92. The Labute approximate surface area is 118 Å². The summed E-state index contributed by atoms with van der Waals surface area (Å²) in [6.07, 6.45) is 0. The lowest BCUT2D eigenvalue weighted by Crippen LogP contribution is -2.12. The molecule has 2 aromatic rings. The van der Waals surface area contributed by atoms with Crippen LogP contribution in [-0.4, -0.2) is 16.8 Å². The van der Waals surface area contributed by atoms with E-state index in [1.165, 1.54) is 18.3 Å². The molecule has 5 nitrogen and oxygen atoms in total. The SMILES string of the molecule is CC(=O)Nc1csc(NC(=O)c2ccccc2Cl)n1. The zero-order valence-electron chi connectivity index (χ0n) is 9.94. The Kier molecular flexibility index (Phi) is 4.13. The van der Waals surface area contributed by atoms with Crippen molar-refractivity contribution in [2.75, 3.05) is 10.6 Å². The monoisotopic (exact) mass is 295 g/mol. The Morgan fingerprint density at radius 1 is 1.26 bits per heavy atom. The molecule has 0 bridgehead atoms. The maximum atomic E-state index is 12.0. The molecule has 0 saturated carbocycles. The topological polar surface area (TPSA) is 71.1 Å². The van der Waals surface area contributed by atoms with Crippen LogP contribution in [0, 0.1) is 0 Å². The van der Waals surface area contributed by atoms with E-state index in [1.807, 2.05) is 0 Å². The first-order valence-corrected chi connectivity index (χ1v) is 6.61. The number of rotatable bonds is 3. The fraction of sp³-hybridized carbons (Fsp3) is 0.0833. The van der Waals surface area contributed by atoms with Crippen molar-refractivity contribution in [3.8, 4) is 0 Å². The predicted octanol–water partition coefficient (Wildman–Crippen LogP) is 3.01. The van der Waals surface area contributed by atoms with E-state index < -0.39 is 0 Å². The van der Waals surface area contributed by atoms with Gasteiger partial charge in [0.2, 0.25) is 5.91 Å². The average molecular weight is 296 g/mol. The molecule has 7 heteroatoms. The summed E-state index contributed by atoms with van der Waals surface area (Å²) in [7, 11) is 0. The number of amides is 2. The Balaban J connectivity index is 2.09. The number of nitrogens with one attached hydrogen (secondary N) is 2. The molecule has 2 amide bonds. The van der Waals surface area contributed by atoms with Crippen LogP contribution < -0.4 is 10.6 Å². The largest absolute Gasteiger partial charge is 0.310 e. The Bertz CT molecular complexity index is 627. The van der Waals surface area contributed by atoms with Crippen LogP contribution in [0.1, 0.15) is 17.3 Å². The van der Waals surface area contributed by atoms with E-state index in [-0.39, 0.29) is 11.8 Å². The maximum absolute atomic E-state index is 12.0. The zero-order chi connectivity index (χ0) is 13.8. The van der Waals surface area contributed by atoms with Crippen molar-refractivity contribution in [2.24, 2.45) is 0 Å². The molecule has 0 spiro atoms. The van der Waals surface area contributed by atoms with Gasteiger partial charge in [-0.15, -0.1) is 11.3 Å². The summed E-state index contributed by atoms with van der Waals surface area (Å²) in [5.41, 5.74) is 0.375. The van der Waals surface area contributed by atoms with Crippen LogP contribution in [0.4, 0.5) is 10.9 Å². The van der Waals surface area contributed by atoms with Crippen molar-refractivity contribution < 1.29 is 9.59 Å². The molecule has 2 N–H and O–H groups in total. The summed E-state index contributed by atoms with van der Waals surface area (Å²) in [5, 5.41) is 7.57. The second-order valence-corrected chi connectivity index (χ2v) is 4.92. The lowest BCUT2D eigenvalue weighted by molar-refractivity contribution is -0.114. The predicted molar refractivity (Wildman–Crippen MR) is 75.8 cm³/mol. The van der Waals surface area contributed by atoms with Crippen molar-refractivity contribution in [3.05, 3.63) is 40.2 Å². The highest BCUT2D eigenvalue weighted by molar-refractivity contribution is 7.14. The van der Waals surface area contributed by atoms with Crippen LogP contribution in [0.25, 0.3) is 0 Å². The van der Waals surface area contributed by atoms with Crippen molar-refractivity contribution >= 4 is 45.7 Å². The van der Waals surface area contributed by atoms with Gasteiger partial charge in [0.1, 0.15) is 5.82 Å². The normalized spacial score (nSPS) is 10.0. The van der Waals surface area contributed by atoms with Crippen molar-refractivity contribution in [2.45, 2.75) is 6.92 Å². The summed E-state index contributed by atoms with van der Waals surface area (Å²) in [4.78, 5) is 26.9. The van der Waals surface area contributed by atoms with E-state index in [1.54, 1.807) is 29.6 Å². The molecule has 0 aliphatic heterocycles. The van der Waals surface area contributed by atoms with E-state index in [0.29, 0.717) is 21.5 Å². The molecule has 98 valence electrons. The summed E-state index contributed by atoms with van der Waals surface area (Å²) >= 11 is 7.14. The van der Waals surface area contributed by atoms with Gasteiger partial charge in [0.25, 0.3) is 5.91 Å². The lowest BCUT2D eigenvalue weighted by atomic mass is 10.2. The number of benzene rings is 1. The highest BCUT2D eigenvalue weighted by Crippen LogP contribution is 2.21. The van der Waals surface area contributed by atoms with Gasteiger partial charge in [-0.05, 0) is 12.1 Å². The lowest BCUT2D eigenvalue weighted by Gasteiger charge is -2.03. The fourth-order valence-corrected chi connectivity index (χ4v) is 2.24. The number of hydrogen-bond acceptors (Lipinski definition) is 4. The fourth-order valence-electron chi connectivity index (χ4n) is 1.38. The highest BCUT2D eigenvalue weighted by atomic mass is 35.5. The molecule has 1 heterocycles. The standard InChI is InChI=1S/C12H10ClN3O2S/c1-7(17)14-10-6-19-12(15-10)16-11(18)8-4-2-3-5-9(8)13/h2-6H,1H3,(H,14,17)(H,15,16,18). The molecule has 0 atom stereocenters. The molecule has 0 aliphatic rings. The minimum Gasteiger partial charge on any atom is -0.310 e. The second kappa shape index (κ2) is 5.81. The molecule has 0 aliphatic carbocycles. The average Bonchev–Trinajstić information content (AvgIpc) is 2.76. The van der Waals surface area contributed by atoms with E-state index in [0.717, 1.165) is 0 Å². The van der Waals surface area contributed by atoms with Crippen LogP contribution in [0.3, 0.4) is 0 Å². The molecule has 1 aromatic carbocycles. The summed E-state index contributed by atoms with van der Waals surface area (Å²) < 4.78 is 0. The van der Waals surface area contributed by atoms with Gasteiger partial charge in [-0.2, -0.15) is 0 Å². The number of halogens is 1. The molecular formula is C12H10ClN3O2S. The van der Waals surface area contributed by atoms with Gasteiger partial charge in [-0.3, -0.25) is 14.9 Å². The van der Waals surface area contributed by atoms with Gasteiger partial charge in [0.15, 0.2) is 5.13 Å². The molecule has 0 unspecified atom stereocenters. The van der Waals surface area contributed by atoms with Gasteiger partial charge in [0.05, 0.1) is 10.6 Å². The van der Waals surface area contributed by atoms with Gasteiger partial charge >= 0.3 is 0 Å². The van der Waals surface area contributed by atoms with E-state index in [2.05, 4.69) is 15.6 Å². The van der Waals surface area contributed by atoms with Gasteiger partial charge in [0, 0.05) is 12.3 Å². The first-order valence-electron chi connectivity index (χ1n) is 5.35. The van der Waals surface area contributed by atoms with E-state index in [9.17, 15) is 9.59 Å². The number of carbonyl (C=O) groups excluding carboxylic acids is 2. The number of thiazole rings is 1. The molecule has 0 saturated heterocycles. The third-order valence-electron chi connectivity index (χ3n) is 2.15. The van der Waals surface area contributed by atoms with Gasteiger partial charge in [-0.25, -0.2) is 4.98 Å². The summed E-state index contributed by atoms with van der Waals surface area (Å²) in [5.74, 6) is -0.143. The molecular weight excluding hydrogens is 286 g/mol. The van der Waals surface area contributed by atoms with E-state index in [4.69, 9.17) is 11.6 Å². The van der Waals surface area contributed by atoms with Crippen molar-refractivity contribution in [3.63, 3.8) is 0 Å². The first kappa shape index (κ1) is 13.5. The third kappa shape index (κ3) is 3.52. The number of aromatic nitrogens is 1. The van der Waals surface area contributed by atoms with E-state index >= 15 is 0 Å². The van der Waals surface area contributed by atoms with Crippen LogP contribution >= 0.6 is 22.9 Å². The van der Waals surface area contributed by atoms with Crippen LogP contribution in [0.2, 0.25) is 5.02 Å². The number of anilines is 2. The molecule has 1 aromatic heterocycles. The zero-order valence-corrected chi connectivity index (χ0v) is 11.5. The van der Waals surface area contributed by atoms with Gasteiger partial charge < -0.3 is 5.32 Å². The maximum Gasteiger partial charge on any atom is 0.258 e. The first-order chi connectivity index (χ1) is 9.06. The van der Waals surface area contributed by atoms with Crippen LogP contribution in [0.5, 0.6) is 0 Å². The smallest absolute Gasteiger partial charge is 0.258 e. The molecule has 2 rings (SSSR count). The van der Waals surface area contributed by atoms with Crippen LogP contribution in [-0.2, 0) is 4.79 Å². The number of nitrogens with zero attached hydrogens (tertiary/aromatic N) is 1. The van der Waals surface area contributed by atoms with Crippen LogP contribution in [0.15, 0.2) is 29.6 Å². The molecule has 0 fully saturated rings. The minimum atomic E-state index is -0.339. The molecule has 0 radical (unpaired) electrons. The third-order valence-corrected chi connectivity index (χ3v) is 3.23. The second-order valence-electron chi connectivity index (χ2n) is 3.65. The summed E-state index contributed by atoms with van der Waals surface area (Å²) in [6.45, 7) is 1.39. The quantitative estimate of drug-likeness (QED) is 0.914. The summed E-state index contributed by atoms with van der Waals surface area (Å²) in [6, 6.07) is 6.74.